The van der Waals surface area contributed by atoms with Crippen molar-refractivity contribution < 1.29 is 4.92 Å². The summed E-state index contributed by atoms with van der Waals surface area (Å²) >= 11 is 0. The molecule has 1 rings (SSSR count). The molecule has 0 atom stereocenters. The number of nitrogens with one attached hydrogen (secondary N) is 2. The molecule has 0 spiro atoms. The maximum atomic E-state index is 11.0. The Morgan fingerprint density at radius 3 is 2.53 bits per heavy atom. The third-order valence-corrected chi connectivity index (χ3v) is 2.60. The molecule has 2 N–H and O–H groups in total. The summed E-state index contributed by atoms with van der Waals surface area (Å²) in [7, 11) is 0. The Morgan fingerprint density at radius 1 is 1.32 bits per heavy atom. The summed E-state index contributed by atoms with van der Waals surface area (Å²) < 4.78 is 0. The lowest BCUT2D eigenvalue weighted by molar-refractivity contribution is -0.384. The highest BCUT2D eigenvalue weighted by atomic mass is 16.6. The lowest BCUT2D eigenvalue weighted by Crippen LogP contribution is -2.14. The van der Waals surface area contributed by atoms with E-state index < -0.39 is 4.92 Å². The molecule has 0 aliphatic carbocycles. The van der Waals surface area contributed by atoms with Gasteiger partial charge < -0.3 is 10.6 Å². The van der Waals surface area contributed by atoms with E-state index in [1.54, 1.807) is 6.07 Å². The first-order valence-corrected chi connectivity index (χ1v) is 6.46. The van der Waals surface area contributed by atoms with E-state index in [-0.39, 0.29) is 11.1 Å². The average Bonchev–Trinajstić information content (AvgIpc) is 2.27. The van der Waals surface area contributed by atoms with E-state index in [0.29, 0.717) is 18.2 Å². The van der Waals surface area contributed by atoms with Crippen molar-refractivity contribution in [1.29, 1.82) is 0 Å². The Labute approximate surface area is 113 Å². The average molecular weight is 266 g/mol. The Balaban J connectivity index is 2.82. The van der Waals surface area contributed by atoms with Crippen LogP contribution in [-0.2, 0) is 0 Å². The van der Waals surface area contributed by atoms with Crippen molar-refractivity contribution >= 4 is 17.3 Å². The van der Waals surface area contributed by atoms with Gasteiger partial charge in [0.15, 0.2) is 0 Å². The van der Waals surface area contributed by atoms with Crippen LogP contribution in [0.25, 0.3) is 0 Å². The normalized spacial score (nSPS) is 11.2. The number of aromatic nitrogens is 1. The van der Waals surface area contributed by atoms with Gasteiger partial charge in [0.25, 0.3) is 0 Å². The second-order valence-corrected chi connectivity index (χ2v) is 5.59. The maximum absolute atomic E-state index is 11.0. The third kappa shape index (κ3) is 5.11. The number of nitrogens with zero attached hydrogens (tertiary/aromatic N) is 2. The van der Waals surface area contributed by atoms with E-state index in [1.165, 1.54) is 6.07 Å². The molecule has 0 saturated heterocycles. The van der Waals surface area contributed by atoms with Crippen LogP contribution in [-0.4, -0.2) is 23.0 Å². The Hall–Kier alpha value is -1.85. The second kappa shape index (κ2) is 6.36. The predicted octanol–water partition coefficient (Wildman–Crippen LogP) is 3.27. The van der Waals surface area contributed by atoms with E-state index in [4.69, 9.17) is 0 Å². The highest BCUT2D eigenvalue weighted by Gasteiger charge is 2.17. The molecule has 1 aromatic rings. The number of anilines is 2. The van der Waals surface area contributed by atoms with Crippen LogP contribution < -0.4 is 10.6 Å². The maximum Gasteiger partial charge on any atom is 0.311 e. The van der Waals surface area contributed by atoms with Gasteiger partial charge in [-0.3, -0.25) is 10.1 Å². The smallest absolute Gasteiger partial charge is 0.311 e. The Kier molecular flexibility index (Phi) is 5.09. The van der Waals surface area contributed by atoms with Crippen molar-refractivity contribution in [2.24, 2.45) is 5.41 Å². The van der Waals surface area contributed by atoms with E-state index in [2.05, 4.69) is 36.4 Å². The van der Waals surface area contributed by atoms with Crippen molar-refractivity contribution in [3.05, 3.63) is 22.2 Å². The molecule has 0 aliphatic heterocycles. The molecule has 6 nitrogen and oxygen atoms in total. The molecule has 1 heterocycles. The zero-order valence-electron chi connectivity index (χ0n) is 12.0. The van der Waals surface area contributed by atoms with Crippen molar-refractivity contribution in [3.63, 3.8) is 0 Å². The topological polar surface area (TPSA) is 80.1 Å². The van der Waals surface area contributed by atoms with Gasteiger partial charge in [-0.1, -0.05) is 20.8 Å². The molecular formula is C13H22N4O2. The molecule has 0 bridgehead atoms. The second-order valence-electron chi connectivity index (χ2n) is 5.59. The molecule has 6 heteroatoms. The number of rotatable bonds is 6. The van der Waals surface area contributed by atoms with Crippen LogP contribution >= 0.6 is 0 Å². The fourth-order valence-electron chi connectivity index (χ4n) is 1.56. The molecule has 19 heavy (non-hydrogen) atoms. The fraction of sp³-hybridized carbons (Fsp3) is 0.615. The minimum Gasteiger partial charge on any atom is -0.370 e. The molecule has 1 aromatic heterocycles. The predicted molar refractivity (Wildman–Crippen MR) is 77.6 cm³/mol. The molecule has 0 saturated carbocycles. The van der Waals surface area contributed by atoms with Crippen LogP contribution in [0.2, 0.25) is 0 Å². The highest BCUT2D eigenvalue weighted by Crippen LogP contribution is 2.25. The summed E-state index contributed by atoms with van der Waals surface area (Å²) in [6.07, 6.45) is 0.914. The van der Waals surface area contributed by atoms with Gasteiger partial charge in [-0.05, 0) is 24.8 Å². The van der Waals surface area contributed by atoms with Crippen LogP contribution in [0.5, 0.6) is 0 Å². The van der Waals surface area contributed by atoms with Gasteiger partial charge in [0.05, 0.1) is 4.92 Å². The number of hydrogen-bond donors (Lipinski definition) is 2. The monoisotopic (exact) mass is 266 g/mol. The summed E-state index contributed by atoms with van der Waals surface area (Å²) in [6, 6.07) is 3.10. The molecular weight excluding hydrogens is 244 g/mol. The SMILES string of the molecule is CCNc1ccc([N+](=O)[O-])c(NCCC(C)(C)C)n1. The zero-order chi connectivity index (χ0) is 14.5. The molecule has 106 valence electrons. The number of hydrogen-bond acceptors (Lipinski definition) is 5. The van der Waals surface area contributed by atoms with Crippen molar-refractivity contribution in [3.8, 4) is 0 Å². The van der Waals surface area contributed by atoms with Gasteiger partial charge in [0, 0.05) is 19.2 Å². The van der Waals surface area contributed by atoms with Gasteiger partial charge in [-0.15, -0.1) is 0 Å². The first-order chi connectivity index (χ1) is 8.83. The third-order valence-electron chi connectivity index (χ3n) is 2.60. The van der Waals surface area contributed by atoms with E-state index in [1.807, 2.05) is 6.92 Å². The van der Waals surface area contributed by atoms with E-state index >= 15 is 0 Å². The Bertz CT molecular complexity index is 441. The van der Waals surface area contributed by atoms with Crippen molar-refractivity contribution in [1.82, 2.24) is 4.98 Å². The van der Waals surface area contributed by atoms with Crippen LogP contribution in [0.3, 0.4) is 0 Å². The minimum atomic E-state index is -0.415. The zero-order valence-corrected chi connectivity index (χ0v) is 12.0. The van der Waals surface area contributed by atoms with Crippen LogP contribution in [0.15, 0.2) is 12.1 Å². The first-order valence-electron chi connectivity index (χ1n) is 6.46. The van der Waals surface area contributed by atoms with E-state index in [9.17, 15) is 10.1 Å². The van der Waals surface area contributed by atoms with Crippen LogP contribution in [0.1, 0.15) is 34.1 Å². The lowest BCUT2D eigenvalue weighted by Gasteiger charge is -2.18. The summed E-state index contributed by atoms with van der Waals surface area (Å²) in [6.45, 7) is 9.73. The summed E-state index contributed by atoms with van der Waals surface area (Å²) in [5.41, 5.74) is 0.191. The van der Waals surface area contributed by atoms with Gasteiger partial charge in [0.2, 0.25) is 5.82 Å². The van der Waals surface area contributed by atoms with Gasteiger partial charge in [-0.2, -0.15) is 0 Å². The van der Waals surface area contributed by atoms with Crippen molar-refractivity contribution in [2.75, 3.05) is 23.7 Å². The quantitative estimate of drug-likeness (QED) is 0.610. The number of nitro groups is 1. The summed E-state index contributed by atoms with van der Waals surface area (Å²) in [4.78, 5) is 14.8. The van der Waals surface area contributed by atoms with Gasteiger partial charge in [0.1, 0.15) is 5.82 Å². The minimum absolute atomic E-state index is 0.00978. The first kappa shape index (κ1) is 15.2. The molecule has 0 radical (unpaired) electrons. The standard InChI is InChI=1S/C13H22N4O2/c1-5-14-11-7-6-10(17(18)19)12(16-11)15-9-8-13(2,3)4/h6-7H,5,8-9H2,1-4H3,(H2,14,15,16). The highest BCUT2D eigenvalue weighted by molar-refractivity contribution is 5.60. The van der Waals surface area contributed by atoms with Gasteiger partial charge >= 0.3 is 5.69 Å². The van der Waals surface area contributed by atoms with Crippen LogP contribution in [0, 0.1) is 15.5 Å². The summed E-state index contributed by atoms with van der Waals surface area (Å²) in [5.74, 6) is 0.971. The molecule has 0 aliphatic rings. The lowest BCUT2D eigenvalue weighted by atomic mass is 9.92. The largest absolute Gasteiger partial charge is 0.370 e. The molecule has 0 amide bonds. The molecule has 0 fully saturated rings. The van der Waals surface area contributed by atoms with Crippen LogP contribution in [0.4, 0.5) is 17.3 Å². The van der Waals surface area contributed by atoms with E-state index in [0.717, 1.165) is 13.0 Å². The molecule has 0 aromatic carbocycles. The Morgan fingerprint density at radius 2 is 2.00 bits per heavy atom. The summed E-state index contributed by atoms with van der Waals surface area (Å²) in [5, 5.41) is 17.1. The molecule has 0 unspecified atom stereocenters. The van der Waals surface area contributed by atoms with Gasteiger partial charge in [-0.25, -0.2) is 4.98 Å². The van der Waals surface area contributed by atoms with Crippen molar-refractivity contribution in [2.45, 2.75) is 34.1 Å². The number of pyridine rings is 1. The fourth-order valence-corrected chi connectivity index (χ4v) is 1.56.